The van der Waals surface area contributed by atoms with Gasteiger partial charge in [0, 0.05) is 6.42 Å². The zero-order chi connectivity index (χ0) is 16.2. The van der Waals surface area contributed by atoms with E-state index in [4.69, 9.17) is 9.47 Å². The fourth-order valence-electron chi connectivity index (χ4n) is 2.65. The van der Waals surface area contributed by atoms with E-state index in [9.17, 15) is 15.3 Å². The van der Waals surface area contributed by atoms with Gasteiger partial charge in [-0.15, -0.1) is 0 Å². The quantitative estimate of drug-likeness (QED) is 0.798. The summed E-state index contributed by atoms with van der Waals surface area (Å²) in [4.78, 5) is 0. The first-order valence-corrected chi connectivity index (χ1v) is 7.62. The predicted molar refractivity (Wildman–Crippen MR) is 84.9 cm³/mol. The van der Waals surface area contributed by atoms with Crippen LogP contribution in [0, 0.1) is 0 Å². The highest BCUT2D eigenvalue weighted by atomic mass is 16.7. The molecule has 1 fully saturated rings. The Balaban J connectivity index is 1.67. The molecule has 2 aromatic carbocycles. The Morgan fingerprint density at radius 3 is 2.26 bits per heavy atom. The van der Waals surface area contributed by atoms with Gasteiger partial charge in [0.15, 0.2) is 0 Å². The van der Waals surface area contributed by atoms with E-state index in [1.54, 1.807) is 0 Å². The summed E-state index contributed by atoms with van der Waals surface area (Å²) >= 11 is 0. The average molecular weight is 316 g/mol. The van der Waals surface area contributed by atoms with Crippen molar-refractivity contribution in [2.75, 3.05) is 6.61 Å². The van der Waals surface area contributed by atoms with Gasteiger partial charge in [0.05, 0.1) is 12.7 Å². The minimum atomic E-state index is -1.10. The Labute approximate surface area is 134 Å². The van der Waals surface area contributed by atoms with Crippen molar-refractivity contribution in [2.24, 2.45) is 0 Å². The molecule has 0 aromatic heterocycles. The van der Waals surface area contributed by atoms with Crippen molar-refractivity contribution in [3.63, 3.8) is 0 Å². The van der Waals surface area contributed by atoms with Crippen LogP contribution in [-0.4, -0.2) is 46.5 Å². The van der Waals surface area contributed by atoms with Crippen LogP contribution < -0.4 is 4.74 Å². The molecule has 0 spiro atoms. The van der Waals surface area contributed by atoms with Gasteiger partial charge < -0.3 is 24.8 Å². The van der Waals surface area contributed by atoms with Gasteiger partial charge >= 0.3 is 0 Å². The second-order valence-electron chi connectivity index (χ2n) is 5.59. The van der Waals surface area contributed by atoms with Gasteiger partial charge in [0.2, 0.25) is 6.29 Å². The van der Waals surface area contributed by atoms with Crippen LogP contribution in [0.1, 0.15) is 6.42 Å². The fourth-order valence-corrected chi connectivity index (χ4v) is 2.65. The molecule has 23 heavy (non-hydrogen) atoms. The molecule has 0 saturated carbocycles. The normalized spacial score (nSPS) is 27.6. The van der Waals surface area contributed by atoms with Crippen molar-refractivity contribution in [1.29, 1.82) is 0 Å². The number of rotatable bonds is 4. The van der Waals surface area contributed by atoms with Gasteiger partial charge in [-0.1, -0.05) is 42.5 Å². The van der Waals surface area contributed by atoms with Crippen LogP contribution in [0.3, 0.4) is 0 Å². The van der Waals surface area contributed by atoms with Crippen molar-refractivity contribution < 1.29 is 24.8 Å². The lowest BCUT2D eigenvalue weighted by atomic mass is 10.0. The first-order chi connectivity index (χ1) is 11.2. The largest absolute Gasteiger partial charge is 0.465 e. The summed E-state index contributed by atoms with van der Waals surface area (Å²) in [7, 11) is 0. The Hall–Kier alpha value is -1.92. The maximum absolute atomic E-state index is 9.80. The van der Waals surface area contributed by atoms with Gasteiger partial charge in [-0.2, -0.15) is 0 Å². The highest BCUT2D eigenvalue weighted by Gasteiger charge is 2.37. The van der Waals surface area contributed by atoms with E-state index in [-0.39, 0.29) is 13.0 Å². The Kier molecular flexibility index (Phi) is 4.93. The van der Waals surface area contributed by atoms with Gasteiger partial charge in [-0.25, -0.2) is 0 Å². The van der Waals surface area contributed by atoms with E-state index in [0.717, 1.165) is 11.1 Å². The first-order valence-electron chi connectivity index (χ1n) is 7.62. The fraction of sp³-hybridized carbons (Fsp3) is 0.333. The van der Waals surface area contributed by atoms with Crippen LogP contribution >= 0.6 is 0 Å². The van der Waals surface area contributed by atoms with E-state index in [2.05, 4.69) is 0 Å². The molecule has 3 rings (SSSR count). The summed E-state index contributed by atoms with van der Waals surface area (Å²) in [5.74, 6) is 0.606. The summed E-state index contributed by atoms with van der Waals surface area (Å²) in [6.45, 7) is -0.370. The molecular formula is C18H20O5. The highest BCUT2D eigenvalue weighted by molar-refractivity contribution is 5.63. The van der Waals surface area contributed by atoms with E-state index in [1.807, 2.05) is 54.6 Å². The molecule has 0 aliphatic carbocycles. The van der Waals surface area contributed by atoms with Crippen LogP contribution in [0.5, 0.6) is 5.75 Å². The molecule has 0 amide bonds. The third-order valence-corrected chi connectivity index (χ3v) is 3.94. The van der Waals surface area contributed by atoms with Crippen LogP contribution in [0.4, 0.5) is 0 Å². The second kappa shape index (κ2) is 7.10. The summed E-state index contributed by atoms with van der Waals surface area (Å²) in [6.07, 6.45) is -3.46. The van der Waals surface area contributed by atoms with Gasteiger partial charge in [-0.05, 0) is 23.3 Å². The third kappa shape index (κ3) is 3.71. The Bertz CT molecular complexity index is 613. The number of hydrogen-bond acceptors (Lipinski definition) is 5. The maximum Gasteiger partial charge on any atom is 0.202 e. The van der Waals surface area contributed by atoms with Crippen LogP contribution in [0.2, 0.25) is 0 Å². The number of aliphatic hydroxyl groups excluding tert-OH is 3. The standard InChI is InChI=1S/C18H20O5/c19-11-16-18(21)15(20)10-17(23-16)22-14-8-6-13(7-9-14)12-4-2-1-3-5-12/h1-9,15-21H,10-11H2. The lowest BCUT2D eigenvalue weighted by molar-refractivity contribution is -0.229. The van der Waals surface area contributed by atoms with E-state index >= 15 is 0 Å². The van der Waals surface area contributed by atoms with Crippen LogP contribution in [0.25, 0.3) is 11.1 Å². The Morgan fingerprint density at radius 2 is 1.61 bits per heavy atom. The predicted octanol–water partition coefficient (Wildman–Crippen LogP) is 1.56. The molecule has 5 heteroatoms. The summed E-state index contributed by atoms with van der Waals surface area (Å²) < 4.78 is 11.1. The zero-order valence-electron chi connectivity index (χ0n) is 12.6. The van der Waals surface area contributed by atoms with Crippen molar-refractivity contribution in [1.82, 2.24) is 0 Å². The van der Waals surface area contributed by atoms with Crippen molar-refractivity contribution in [3.05, 3.63) is 54.6 Å². The highest BCUT2D eigenvalue weighted by Crippen LogP contribution is 2.26. The first kappa shape index (κ1) is 16.0. The van der Waals surface area contributed by atoms with Crippen molar-refractivity contribution in [3.8, 4) is 16.9 Å². The molecule has 1 aliphatic heterocycles. The van der Waals surface area contributed by atoms with Crippen LogP contribution in [-0.2, 0) is 4.74 Å². The Morgan fingerprint density at radius 1 is 0.957 bits per heavy atom. The average Bonchev–Trinajstić information content (AvgIpc) is 2.59. The lowest BCUT2D eigenvalue weighted by Crippen LogP contribution is -2.51. The summed E-state index contributed by atoms with van der Waals surface area (Å²) in [5, 5.41) is 28.7. The molecule has 1 saturated heterocycles. The maximum atomic E-state index is 9.80. The molecule has 1 aliphatic rings. The summed E-state index contributed by atoms with van der Waals surface area (Å²) in [6, 6.07) is 17.6. The SMILES string of the molecule is OCC1OC(Oc2ccc(-c3ccccc3)cc2)CC(O)C1O. The number of aliphatic hydroxyl groups is 3. The van der Waals surface area contributed by atoms with Gasteiger partial charge in [0.1, 0.15) is 18.0 Å². The molecule has 122 valence electrons. The van der Waals surface area contributed by atoms with E-state index in [0.29, 0.717) is 5.75 Å². The molecule has 5 nitrogen and oxygen atoms in total. The minimum absolute atomic E-state index is 0.151. The molecule has 4 unspecified atom stereocenters. The third-order valence-electron chi connectivity index (χ3n) is 3.94. The van der Waals surface area contributed by atoms with Gasteiger partial charge in [0.25, 0.3) is 0 Å². The molecular weight excluding hydrogens is 296 g/mol. The van der Waals surface area contributed by atoms with E-state index in [1.165, 1.54) is 0 Å². The molecule has 1 heterocycles. The smallest absolute Gasteiger partial charge is 0.202 e. The van der Waals surface area contributed by atoms with Crippen molar-refractivity contribution in [2.45, 2.75) is 31.0 Å². The molecule has 2 aromatic rings. The lowest BCUT2D eigenvalue weighted by Gasteiger charge is -2.36. The molecule has 3 N–H and O–H groups in total. The molecule has 0 radical (unpaired) electrons. The van der Waals surface area contributed by atoms with E-state index < -0.39 is 24.6 Å². The minimum Gasteiger partial charge on any atom is -0.465 e. The van der Waals surface area contributed by atoms with Crippen molar-refractivity contribution >= 4 is 0 Å². The number of hydrogen-bond donors (Lipinski definition) is 3. The van der Waals surface area contributed by atoms with Crippen LogP contribution in [0.15, 0.2) is 54.6 Å². The zero-order valence-corrected chi connectivity index (χ0v) is 12.6. The number of ether oxygens (including phenoxy) is 2. The second-order valence-corrected chi connectivity index (χ2v) is 5.59. The topological polar surface area (TPSA) is 79.2 Å². The van der Waals surface area contributed by atoms with Gasteiger partial charge in [-0.3, -0.25) is 0 Å². The molecule has 0 bridgehead atoms. The summed E-state index contributed by atoms with van der Waals surface area (Å²) in [5.41, 5.74) is 2.19. The number of benzene rings is 2. The monoisotopic (exact) mass is 316 g/mol. The molecule has 4 atom stereocenters.